The number of nitrogens with two attached hydrogens (primary N) is 1. The lowest BCUT2D eigenvalue weighted by Gasteiger charge is -2.13. The van der Waals surface area contributed by atoms with Crippen LogP contribution in [0.5, 0.6) is 11.5 Å². The molecular formula is C12H17NO2S. The van der Waals surface area contributed by atoms with Gasteiger partial charge in [0.1, 0.15) is 0 Å². The maximum absolute atomic E-state index is 9.88. The number of phenolic OH excluding ortho intramolecular Hbond substituents is 1. The van der Waals surface area contributed by atoms with Crippen molar-refractivity contribution in [2.75, 3.05) is 7.11 Å². The Morgan fingerprint density at radius 2 is 2.25 bits per heavy atom. The number of rotatable bonds is 5. The Bertz CT molecular complexity index is 379. The maximum atomic E-state index is 9.88. The number of para-hydroxylation sites is 1. The first-order chi connectivity index (χ1) is 7.54. The molecule has 0 aliphatic rings. The molecule has 4 heteroatoms. The van der Waals surface area contributed by atoms with Gasteiger partial charge >= 0.3 is 0 Å². The van der Waals surface area contributed by atoms with Gasteiger partial charge in [0.05, 0.1) is 12.1 Å². The highest BCUT2D eigenvalue weighted by Gasteiger charge is 2.11. The van der Waals surface area contributed by atoms with E-state index in [0.717, 1.165) is 12.0 Å². The molecule has 0 saturated carbocycles. The van der Waals surface area contributed by atoms with Crippen LogP contribution >= 0.6 is 12.2 Å². The van der Waals surface area contributed by atoms with Gasteiger partial charge in [-0.15, -0.1) is 0 Å². The predicted octanol–water partition coefficient (Wildman–Crippen LogP) is 2.26. The molecule has 1 aromatic carbocycles. The Labute approximate surface area is 101 Å². The van der Waals surface area contributed by atoms with E-state index in [2.05, 4.69) is 6.92 Å². The number of ether oxygens (including phenoxy) is 1. The topological polar surface area (TPSA) is 55.5 Å². The third-order valence-corrected chi connectivity index (χ3v) is 2.59. The van der Waals surface area contributed by atoms with Crippen molar-refractivity contribution >= 4 is 17.2 Å². The quantitative estimate of drug-likeness (QED) is 0.774. The molecule has 0 aromatic heterocycles. The van der Waals surface area contributed by atoms with Crippen LogP contribution in [-0.4, -0.2) is 17.2 Å². The van der Waals surface area contributed by atoms with Crippen LogP contribution < -0.4 is 10.5 Å². The lowest BCUT2D eigenvalue weighted by Crippen LogP contribution is -2.14. The largest absolute Gasteiger partial charge is 0.504 e. The van der Waals surface area contributed by atoms with Crippen molar-refractivity contribution in [3.05, 3.63) is 23.8 Å². The summed E-state index contributed by atoms with van der Waals surface area (Å²) in [6.07, 6.45) is 1.42. The first kappa shape index (κ1) is 12.8. The van der Waals surface area contributed by atoms with E-state index >= 15 is 0 Å². The van der Waals surface area contributed by atoms with Gasteiger partial charge in [0, 0.05) is 6.42 Å². The van der Waals surface area contributed by atoms with Crippen molar-refractivity contribution in [3.8, 4) is 11.5 Å². The molecule has 3 N–H and O–H groups in total. The van der Waals surface area contributed by atoms with E-state index in [9.17, 15) is 5.11 Å². The number of aromatic hydroxyl groups is 1. The zero-order valence-corrected chi connectivity index (χ0v) is 10.4. The van der Waals surface area contributed by atoms with E-state index in [0.29, 0.717) is 23.1 Å². The Morgan fingerprint density at radius 3 is 2.81 bits per heavy atom. The van der Waals surface area contributed by atoms with Crippen LogP contribution in [0, 0.1) is 5.92 Å². The van der Waals surface area contributed by atoms with E-state index in [1.165, 1.54) is 7.11 Å². The van der Waals surface area contributed by atoms with Crippen molar-refractivity contribution in [2.45, 2.75) is 19.8 Å². The minimum Gasteiger partial charge on any atom is -0.504 e. The van der Waals surface area contributed by atoms with E-state index in [4.69, 9.17) is 22.7 Å². The Kier molecular flexibility index (Phi) is 4.55. The molecule has 88 valence electrons. The third-order valence-electron chi connectivity index (χ3n) is 2.42. The summed E-state index contributed by atoms with van der Waals surface area (Å²) in [5, 5.41) is 9.88. The highest BCUT2D eigenvalue weighted by atomic mass is 32.1. The van der Waals surface area contributed by atoms with Crippen LogP contribution in [0.2, 0.25) is 0 Å². The Morgan fingerprint density at radius 1 is 1.56 bits per heavy atom. The summed E-state index contributed by atoms with van der Waals surface area (Å²) in [5.74, 6) is 1.02. The molecule has 1 aromatic rings. The molecule has 1 rings (SSSR count). The molecular weight excluding hydrogens is 222 g/mol. The van der Waals surface area contributed by atoms with Gasteiger partial charge in [0.25, 0.3) is 0 Å². The van der Waals surface area contributed by atoms with Crippen LogP contribution in [-0.2, 0) is 6.42 Å². The molecule has 0 aliphatic carbocycles. The number of hydrogen-bond acceptors (Lipinski definition) is 3. The van der Waals surface area contributed by atoms with Gasteiger partial charge in [-0.1, -0.05) is 31.3 Å². The second kappa shape index (κ2) is 5.70. The fraction of sp³-hybridized carbons (Fsp3) is 0.417. The highest BCUT2D eigenvalue weighted by molar-refractivity contribution is 7.80. The molecule has 16 heavy (non-hydrogen) atoms. The van der Waals surface area contributed by atoms with E-state index < -0.39 is 0 Å². The fourth-order valence-corrected chi connectivity index (χ4v) is 1.97. The molecule has 0 radical (unpaired) electrons. The summed E-state index contributed by atoms with van der Waals surface area (Å²) < 4.78 is 5.05. The summed E-state index contributed by atoms with van der Waals surface area (Å²) in [6, 6.07) is 5.48. The van der Waals surface area contributed by atoms with Gasteiger partial charge in [0.2, 0.25) is 0 Å². The molecule has 1 atom stereocenters. The summed E-state index contributed by atoms with van der Waals surface area (Å²) >= 11 is 4.86. The summed E-state index contributed by atoms with van der Waals surface area (Å²) in [6.45, 7) is 2.05. The normalized spacial score (nSPS) is 12.1. The van der Waals surface area contributed by atoms with E-state index in [1.807, 2.05) is 12.1 Å². The van der Waals surface area contributed by atoms with Crippen molar-refractivity contribution in [3.63, 3.8) is 0 Å². The maximum Gasteiger partial charge on any atom is 0.160 e. The lowest BCUT2D eigenvalue weighted by atomic mass is 9.97. The number of hydrogen-bond donors (Lipinski definition) is 2. The second-order valence-corrected chi connectivity index (χ2v) is 4.47. The van der Waals surface area contributed by atoms with Gasteiger partial charge < -0.3 is 15.6 Å². The summed E-state index contributed by atoms with van der Waals surface area (Å²) in [5.41, 5.74) is 6.35. The number of phenols is 1. The molecule has 0 aliphatic heterocycles. The molecule has 0 bridgehead atoms. The zero-order chi connectivity index (χ0) is 12.1. The summed E-state index contributed by atoms with van der Waals surface area (Å²) in [4.78, 5) is 0.509. The number of benzene rings is 1. The third kappa shape index (κ3) is 3.38. The molecule has 3 nitrogen and oxygen atoms in total. The second-order valence-electron chi connectivity index (χ2n) is 3.95. The van der Waals surface area contributed by atoms with Crippen molar-refractivity contribution in [2.24, 2.45) is 11.7 Å². The molecule has 0 saturated heterocycles. The van der Waals surface area contributed by atoms with Gasteiger partial charge in [-0.25, -0.2) is 0 Å². The van der Waals surface area contributed by atoms with Crippen LogP contribution in [0.3, 0.4) is 0 Å². The predicted molar refractivity (Wildman–Crippen MR) is 68.9 cm³/mol. The Balaban J connectivity index is 2.77. The van der Waals surface area contributed by atoms with Crippen LogP contribution in [0.1, 0.15) is 18.9 Å². The molecule has 1 unspecified atom stereocenters. The molecule has 0 spiro atoms. The van der Waals surface area contributed by atoms with Crippen LogP contribution in [0.4, 0.5) is 0 Å². The number of methoxy groups -OCH3 is 1. The summed E-state index contributed by atoms with van der Waals surface area (Å²) in [7, 11) is 1.54. The van der Waals surface area contributed by atoms with Gasteiger partial charge in [0.15, 0.2) is 11.5 Å². The van der Waals surface area contributed by atoms with Gasteiger partial charge in [-0.05, 0) is 24.0 Å². The molecule has 0 amide bonds. The number of thiocarbonyl (C=S) groups is 1. The van der Waals surface area contributed by atoms with E-state index in [1.54, 1.807) is 6.07 Å². The minimum atomic E-state index is 0.208. The highest BCUT2D eigenvalue weighted by Crippen LogP contribution is 2.31. The standard InChI is InChI=1S/C12H17NO2S/c1-8(7-11(13)16)6-9-4-3-5-10(15-2)12(9)14/h3-5,8,14H,6-7H2,1-2H3,(H2,13,16). The lowest BCUT2D eigenvalue weighted by molar-refractivity contribution is 0.369. The molecule has 0 fully saturated rings. The van der Waals surface area contributed by atoms with E-state index in [-0.39, 0.29) is 5.75 Å². The van der Waals surface area contributed by atoms with Crippen LogP contribution in [0.25, 0.3) is 0 Å². The van der Waals surface area contributed by atoms with Crippen molar-refractivity contribution in [1.29, 1.82) is 0 Å². The SMILES string of the molecule is COc1cccc(CC(C)CC(N)=S)c1O. The Hall–Kier alpha value is -1.29. The first-order valence-corrected chi connectivity index (χ1v) is 5.58. The average molecular weight is 239 g/mol. The average Bonchev–Trinajstić information content (AvgIpc) is 2.20. The first-order valence-electron chi connectivity index (χ1n) is 5.17. The smallest absolute Gasteiger partial charge is 0.160 e. The zero-order valence-electron chi connectivity index (χ0n) is 9.56. The fourth-order valence-electron chi connectivity index (χ4n) is 1.69. The minimum absolute atomic E-state index is 0.208. The van der Waals surface area contributed by atoms with Crippen LogP contribution in [0.15, 0.2) is 18.2 Å². The van der Waals surface area contributed by atoms with Gasteiger partial charge in [-0.2, -0.15) is 0 Å². The van der Waals surface area contributed by atoms with Crippen molar-refractivity contribution in [1.82, 2.24) is 0 Å². The monoisotopic (exact) mass is 239 g/mol. The van der Waals surface area contributed by atoms with Gasteiger partial charge in [-0.3, -0.25) is 0 Å². The molecule has 0 heterocycles. The van der Waals surface area contributed by atoms with Crippen molar-refractivity contribution < 1.29 is 9.84 Å².